The van der Waals surface area contributed by atoms with Crippen LogP contribution in [-0.2, 0) is 12.8 Å². The quantitative estimate of drug-likeness (QED) is 0.510. The van der Waals surface area contributed by atoms with E-state index in [2.05, 4.69) is 29.3 Å². The van der Waals surface area contributed by atoms with Crippen molar-refractivity contribution >= 4 is 16.3 Å². The number of hydrogen-bond acceptors (Lipinski definition) is 6. The summed E-state index contributed by atoms with van der Waals surface area (Å²) in [5.41, 5.74) is 3.59. The lowest BCUT2D eigenvalue weighted by Gasteiger charge is -2.08. The molecular formula is C20H20N4O2S. The standard InChI is InChI=1S/C20H20N4O2S/c1-13-6-4-5-7-15(13)12-18-21-22-20-24(18)23-19(27-20)11-14-8-9-16(25-2)17(10-14)26-3/h4-10H,11-12H2,1-3H3. The van der Waals surface area contributed by atoms with E-state index in [1.165, 1.54) is 11.1 Å². The third kappa shape index (κ3) is 3.50. The maximum Gasteiger partial charge on any atom is 0.234 e. The van der Waals surface area contributed by atoms with E-state index in [1.54, 1.807) is 25.6 Å². The van der Waals surface area contributed by atoms with Gasteiger partial charge in [0, 0.05) is 12.8 Å². The largest absolute Gasteiger partial charge is 0.493 e. The summed E-state index contributed by atoms with van der Waals surface area (Å²) in [5, 5.41) is 14.3. The topological polar surface area (TPSA) is 61.5 Å². The van der Waals surface area contributed by atoms with E-state index >= 15 is 0 Å². The highest BCUT2D eigenvalue weighted by molar-refractivity contribution is 7.16. The van der Waals surface area contributed by atoms with Crippen LogP contribution in [0, 0.1) is 6.92 Å². The van der Waals surface area contributed by atoms with E-state index in [4.69, 9.17) is 14.6 Å². The highest BCUT2D eigenvalue weighted by Crippen LogP contribution is 2.29. The van der Waals surface area contributed by atoms with Crippen LogP contribution in [0.2, 0.25) is 0 Å². The molecule has 2 heterocycles. The van der Waals surface area contributed by atoms with Gasteiger partial charge in [-0.25, -0.2) is 0 Å². The average molecular weight is 380 g/mol. The Morgan fingerprint density at radius 3 is 2.56 bits per heavy atom. The predicted octanol–water partition coefficient (Wildman–Crippen LogP) is 3.69. The fraction of sp³-hybridized carbons (Fsp3) is 0.250. The van der Waals surface area contributed by atoms with Crippen LogP contribution in [0.15, 0.2) is 42.5 Å². The summed E-state index contributed by atoms with van der Waals surface area (Å²) >= 11 is 1.56. The van der Waals surface area contributed by atoms with Gasteiger partial charge < -0.3 is 9.47 Å². The highest BCUT2D eigenvalue weighted by Gasteiger charge is 2.14. The first kappa shape index (κ1) is 17.5. The van der Waals surface area contributed by atoms with Crippen LogP contribution in [0.3, 0.4) is 0 Å². The Bertz CT molecular complexity index is 1090. The van der Waals surface area contributed by atoms with Crippen LogP contribution < -0.4 is 9.47 Å². The third-order valence-corrected chi connectivity index (χ3v) is 5.41. The molecule has 2 aromatic carbocycles. The Morgan fingerprint density at radius 1 is 0.963 bits per heavy atom. The third-order valence-electron chi connectivity index (χ3n) is 4.51. The van der Waals surface area contributed by atoms with Gasteiger partial charge in [-0.3, -0.25) is 0 Å². The second kappa shape index (κ2) is 7.36. The first-order chi connectivity index (χ1) is 13.2. The molecule has 0 bridgehead atoms. The molecule has 7 heteroatoms. The van der Waals surface area contributed by atoms with Gasteiger partial charge in [0.2, 0.25) is 4.96 Å². The van der Waals surface area contributed by atoms with Crippen LogP contribution in [0.25, 0.3) is 4.96 Å². The van der Waals surface area contributed by atoms with Gasteiger partial charge >= 0.3 is 0 Å². The van der Waals surface area contributed by atoms with E-state index in [0.29, 0.717) is 12.8 Å². The number of aryl methyl sites for hydroxylation is 1. The molecule has 0 aliphatic heterocycles. The normalized spacial score (nSPS) is 11.1. The van der Waals surface area contributed by atoms with E-state index in [1.807, 2.05) is 34.8 Å². The number of aromatic nitrogens is 4. The first-order valence-electron chi connectivity index (χ1n) is 8.63. The number of nitrogens with zero attached hydrogens (tertiary/aromatic N) is 4. The zero-order valence-corrected chi connectivity index (χ0v) is 16.3. The van der Waals surface area contributed by atoms with Crippen molar-refractivity contribution in [3.63, 3.8) is 0 Å². The molecule has 2 aromatic heterocycles. The van der Waals surface area contributed by atoms with Gasteiger partial charge in [-0.2, -0.15) is 9.61 Å². The molecule has 0 spiro atoms. The SMILES string of the molecule is COc1ccc(Cc2nn3c(Cc4ccccc4C)nnc3s2)cc1OC. The molecule has 138 valence electrons. The van der Waals surface area contributed by atoms with Gasteiger partial charge in [0.1, 0.15) is 5.01 Å². The number of ether oxygens (including phenoxy) is 2. The minimum Gasteiger partial charge on any atom is -0.493 e. The lowest BCUT2D eigenvalue weighted by molar-refractivity contribution is 0.354. The molecule has 0 fully saturated rings. The molecule has 4 aromatic rings. The van der Waals surface area contributed by atoms with E-state index < -0.39 is 0 Å². The zero-order valence-electron chi connectivity index (χ0n) is 15.5. The molecule has 27 heavy (non-hydrogen) atoms. The fourth-order valence-electron chi connectivity index (χ4n) is 3.02. The molecule has 4 rings (SSSR count). The zero-order chi connectivity index (χ0) is 18.8. The lowest BCUT2D eigenvalue weighted by atomic mass is 10.1. The number of methoxy groups -OCH3 is 2. The smallest absolute Gasteiger partial charge is 0.234 e. The van der Waals surface area contributed by atoms with E-state index in [0.717, 1.165) is 32.9 Å². The van der Waals surface area contributed by atoms with E-state index in [-0.39, 0.29) is 0 Å². The Morgan fingerprint density at radius 2 is 1.78 bits per heavy atom. The molecule has 0 N–H and O–H groups in total. The first-order valence-corrected chi connectivity index (χ1v) is 9.45. The summed E-state index contributed by atoms with van der Waals surface area (Å²) in [6, 6.07) is 14.2. The Labute approximate surface area is 161 Å². The number of hydrogen-bond donors (Lipinski definition) is 0. The fourth-order valence-corrected chi connectivity index (χ4v) is 3.91. The number of fused-ring (bicyclic) bond motifs is 1. The summed E-state index contributed by atoms with van der Waals surface area (Å²) in [7, 11) is 3.28. The summed E-state index contributed by atoms with van der Waals surface area (Å²) in [4.78, 5) is 0.814. The molecule has 0 saturated carbocycles. The maximum atomic E-state index is 5.39. The highest BCUT2D eigenvalue weighted by atomic mass is 32.1. The van der Waals surface area contributed by atoms with Gasteiger partial charge in [-0.05, 0) is 35.7 Å². The molecular weight excluding hydrogens is 360 g/mol. The van der Waals surface area contributed by atoms with Crippen molar-refractivity contribution in [3.05, 3.63) is 70.0 Å². The number of rotatable bonds is 6. The van der Waals surface area contributed by atoms with Crippen LogP contribution >= 0.6 is 11.3 Å². The van der Waals surface area contributed by atoms with Crippen molar-refractivity contribution in [1.82, 2.24) is 19.8 Å². The van der Waals surface area contributed by atoms with Crippen molar-refractivity contribution in [2.45, 2.75) is 19.8 Å². The summed E-state index contributed by atoms with van der Waals surface area (Å²) in [6.07, 6.45) is 1.42. The average Bonchev–Trinajstić information content (AvgIpc) is 3.24. The Balaban J connectivity index is 1.59. The molecule has 0 radical (unpaired) electrons. The summed E-state index contributed by atoms with van der Waals surface area (Å²) in [6.45, 7) is 2.11. The van der Waals surface area contributed by atoms with Gasteiger partial charge in [-0.15, -0.1) is 10.2 Å². The van der Waals surface area contributed by atoms with Gasteiger partial charge in [0.25, 0.3) is 0 Å². The second-order valence-corrected chi connectivity index (χ2v) is 7.32. The second-order valence-electron chi connectivity index (χ2n) is 6.28. The monoisotopic (exact) mass is 380 g/mol. The minimum atomic E-state index is 0.707. The van der Waals surface area contributed by atoms with Gasteiger partial charge in [0.05, 0.1) is 14.2 Å². The summed E-state index contributed by atoms with van der Waals surface area (Å²) in [5.74, 6) is 2.30. The van der Waals surface area contributed by atoms with Crippen molar-refractivity contribution in [2.24, 2.45) is 0 Å². The lowest BCUT2D eigenvalue weighted by Crippen LogP contribution is -2.00. The van der Waals surface area contributed by atoms with Gasteiger partial charge in [0.15, 0.2) is 17.3 Å². The summed E-state index contributed by atoms with van der Waals surface area (Å²) < 4.78 is 12.5. The Kier molecular flexibility index (Phi) is 4.77. The van der Waals surface area contributed by atoms with Crippen LogP contribution in [0.4, 0.5) is 0 Å². The number of benzene rings is 2. The van der Waals surface area contributed by atoms with Crippen molar-refractivity contribution in [1.29, 1.82) is 0 Å². The van der Waals surface area contributed by atoms with Crippen LogP contribution in [0.5, 0.6) is 11.5 Å². The Hall–Kier alpha value is -2.93. The molecule has 0 unspecified atom stereocenters. The molecule has 0 aliphatic rings. The molecule has 0 amide bonds. The maximum absolute atomic E-state index is 5.39. The molecule has 0 aliphatic carbocycles. The minimum absolute atomic E-state index is 0.707. The van der Waals surface area contributed by atoms with Crippen molar-refractivity contribution in [2.75, 3.05) is 14.2 Å². The van der Waals surface area contributed by atoms with E-state index in [9.17, 15) is 0 Å². The predicted molar refractivity (Wildman–Crippen MR) is 105 cm³/mol. The van der Waals surface area contributed by atoms with Gasteiger partial charge in [-0.1, -0.05) is 41.7 Å². The van der Waals surface area contributed by atoms with Crippen molar-refractivity contribution in [3.8, 4) is 11.5 Å². The van der Waals surface area contributed by atoms with Crippen LogP contribution in [0.1, 0.15) is 27.5 Å². The van der Waals surface area contributed by atoms with Crippen molar-refractivity contribution < 1.29 is 9.47 Å². The molecule has 6 nitrogen and oxygen atoms in total. The molecule has 0 atom stereocenters. The van der Waals surface area contributed by atoms with Crippen LogP contribution in [-0.4, -0.2) is 34.0 Å². The molecule has 0 saturated heterocycles.